The molecule has 28 heavy (non-hydrogen) atoms. The summed E-state index contributed by atoms with van der Waals surface area (Å²) in [5.74, 6) is -0.353. The van der Waals surface area contributed by atoms with E-state index >= 15 is 0 Å². The lowest BCUT2D eigenvalue weighted by Crippen LogP contribution is -2.28. The molecule has 7 heteroatoms. The van der Waals surface area contributed by atoms with Crippen molar-refractivity contribution in [1.82, 2.24) is 4.31 Å². The van der Waals surface area contributed by atoms with Crippen LogP contribution in [0.4, 0.5) is 5.69 Å². The Hall–Kier alpha value is -1.70. The fourth-order valence-corrected chi connectivity index (χ4v) is 5.14. The van der Waals surface area contributed by atoms with Crippen LogP contribution in [0.1, 0.15) is 49.5 Å². The standard InChI is InChI=1S/C21H25BrN2O3S/c1-21(2,3)15-6-8-16(9-7-15)23-20(25)18-14-17(10-11-19(18)22)28(26,27)24-12-4-5-13-24/h6-11,14H,4-5,12-13H2,1-3H3,(H,23,25). The van der Waals surface area contributed by atoms with Gasteiger partial charge in [0.1, 0.15) is 0 Å². The summed E-state index contributed by atoms with van der Waals surface area (Å²) in [6, 6.07) is 12.3. The van der Waals surface area contributed by atoms with Gasteiger partial charge in [0.2, 0.25) is 10.0 Å². The molecule has 0 spiro atoms. The number of nitrogens with zero attached hydrogens (tertiary/aromatic N) is 1. The molecule has 0 aromatic heterocycles. The Morgan fingerprint density at radius 2 is 1.64 bits per heavy atom. The molecular weight excluding hydrogens is 440 g/mol. The molecule has 1 saturated heterocycles. The molecule has 1 fully saturated rings. The van der Waals surface area contributed by atoms with E-state index in [-0.39, 0.29) is 16.2 Å². The molecule has 1 heterocycles. The van der Waals surface area contributed by atoms with Crippen molar-refractivity contribution in [1.29, 1.82) is 0 Å². The SMILES string of the molecule is CC(C)(C)c1ccc(NC(=O)c2cc(S(=O)(=O)N3CCCC3)ccc2Br)cc1. The van der Waals surface area contributed by atoms with E-state index in [1.54, 1.807) is 6.07 Å². The molecule has 3 rings (SSSR count). The molecule has 1 amide bonds. The number of benzene rings is 2. The molecule has 0 radical (unpaired) electrons. The molecule has 0 atom stereocenters. The van der Waals surface area contributed by atoms with Crippen LogP contribution in [-0.2, 0) is 15.4 Å². The number of rotatable bonds is 4. The summed E-state index contributed by atoms with van der Waals surface area (Å²) in [7, 11) is -3.57. The highest BCUT2D eigenvalue weighted by Crippen LogP contribution is 2.27. The molecule has 0 saturated carbocycles. The van der Waals surface area contributed by atoms with Gasteiger partial charge in [-0.25, -0.2) is 8.42 Å². The molecule has 5 nitrogen and oxygen atoms in total. The third-order valence-electron chi connectivity index (χ3n) is 4.89. The maximum absolute atomic E-state index is 12.8. The van der Waals surface area contributed by atoms with Crippen LogP contribution in [-0.4, -0.2) is 31.7 Å². The fraction of sp³-hybridized carbons (Fsp3) is 0.381. The number of halogens is 1. The Morgan fingerprint density at radius 1 is 1.04 bits per heavy atom. The van der Waals surface area contributed by atoms with Gasteiger partial charge in [-0.05, 0) is 70.1 Å². The van der Waals surface area contributed by atoms with Crippen LogP contribution in [0.3, 0.4) is 0 Å². The summed E-state index contributed by atoms with van der Waals surface area (Å²) in [5, 5.41) is 2.85. The maximum atomic E-state index is 12.8. The summed E-state index contributed by atoms with van der Waals surface area (Å²) in [5.41, 5.74) is 2.16. The van der Waals surface area contributed by atoms with E-state index in [4.69, 9.17) is 0 Å². The average molecular weight is 465 g/mol. The number of hydrogen-bond donors (Lipinski definition) is 1. The summed E-state index contributed by atoms with van der Waals surface area (Å²) >= 11 is 3.36. The second kappa shape index (κ2) is 7.97. The van der Waals surface area contributed by atoms with Crippen molar-refractivity contribution in [3.05, 3.63) is 58.1 Å². The zero-order chi connectivity index (χ0) is 20.5. The van der Waals surface area contributed by atoms with Gasteiger partial charge in [0.15, 0.2) is 0 Å². The Kier molecular flexibility index (Phi) is 5.98. The topological polar surface area (TPSA) is 66.5 Å². The maximum Gasteiger partial charge on any atom is 0.256 e. The molecule has 0 bridgehead atoms. The van der Waals surface area contributed by atoms with Crippen molar-refractivity contribution in [2.24, 2.45) is 0 Å². The zero-order valence-corrected chi connectivity index (χ0v) is 18.7. The molecular formula is C21H25BrN2O3S. The molecule has 1 aliphatic heterocycles. The van der Waals surface area contributed by atoms with Crippen molar-refractivity contribution in [3.8, 4) is 0 Å². The van der Waals surface area contributed by atoms with Crippen molar-refractivity contribution in [3.63, 3.8) is 0 Å². The molecule has 1 aliphatic rings. The monoisotopic (exact) mass is 464 g/mol. The van der Waals surface area contributed by atoms with Gasteiger partial charge in [-0.1, -0.05) is 32.9 Å². The minimum absolute atomic E-state index is 0.0316. The number of nitrogens with one attached hydrogen (secondary N) is 1. The predicted octanol–water partition coefficient (Wildman–Crippen LogP) is 4.78. The first-order chi connectivity index (χ1) is 13.1. The van der Waals surface area contributed by atoms with Crippen LogP contribution in [0.15, 0.2) is 51.8 Å². The summed E-state index contributed by atoms with van der Waals surface area (Å²) in [4.78, 5) is 12.9. The molecule has 150 valence electrons. The van der Waals surface area contributed by atoms with Crippen LogP contribution in [0.5, 0.6) is 0 Å². The number of carbonyl (C=O) groups excluding carboxylic acids is 1. The first kappa shape index (κ1) is 21.0. The van der Waals surface area contributed by atoms with E-state index in [1.165, 1.54) is 22.0 Å². The minimum Gasteiger partial charge on any atom is -0.322 e. The average Bonchev–Trinajstić information content (AvgIpc) is 3.17. The number of hydrogen-bond acceptors (Lipinski definition) is 3. The van der Waals surface area contributed by atoms with Crippen LogP contribution < -0.4 is 5.32 Å². The minimum atomic E-state index is -3.57. The highest BCUT2D eigenvalue weighted by molar-refractivity contribution is 9.10. The van der Waals surface area contributed by atoms with E-state index in [9.17, 15) is 13.2 Å². The van der Waals surface area contributed by atoms with Crippen LogP contribution in [0.25, 0.3) is 0 Å². The molecule has 0 aliphatic carbocycles. The Labute approximate surface area is 175 Å². The van der Waals surface area contributed by atoms with Crippen molar-refractivity contribution < 1.29 is 13.2 Å². The lowest BCUT2D eigenvalue weighted by molar-refractivity contribution is 0.102. The first-order valence-electron chi connectivity index (χ1n) is 9.30. The van der Waals surface area contributed by atoms with Gasteiger partial charge in [0.05, 0.1) is 10.5 Å². The Bertz CT molecular complexity index is 974. The van der Waals surface area contributed by atoms with E-state index < -0.39 is 10.0 Å². The summed E-state index contributed by atoms with van der Waals surface area (Å²) in [6.07, 6.45) is 1.74. The lowest BCUT2D eigenvalue weighted by atomic mass is 9.87. The molecule has 0 unspecified atom stereocenters. The normalized spacial score (nSPS) is 15.6. The largest absolute Gasteiger partial charge is 0.322 e. The Balaban J connectivity index is 1.84. The number of carbonyl (C=O) groups is 1. The first-order valence-corrected chi connectivity index (χ1v) is 11.5. The third-order valence-corrected chi connectivity index (χ3v) is 7.48. The number of sulfonamides is 1. The highest BCUT2D eigenvalue weighted by atomic mass is 79.9. The zero-order valence-electron chi connectivity index (χ0n) is 16.3. The van der Waals surface area contributed by atoms with Gasteiger partial charge in [0.25, 0.3) is 5.91 Å². The van der Waals surface area contributed by atoms with E-state index in [2.05, 4.69) is 42.0 Å². The summed E-state index contributed by atoms with van der Waals surface area (Å²) < 4.78 is 27.6. The van der Waals surface area contributed by atoms with Crippen LogP contribution in [0, 0.1) is 0 Å². The fourth-order valence-electron chi connectivity index (χ4n) is 3.17. The van der Waals surface area contributed by atoms with Gasteiger partial charge in [-0.2, -0.15) is 4.31 Å². The van der Waals surface area contributed by atoms with Gasteiger partial charge in [-0.3, -0.25) is 4.79 Å². The van der Waals surface area contributed by atoms with Gasteiger partial charge in [-0.15, -0.1) is 0 Å². The van der Waals surface area contributed by atoms with Gasteiger partial charge >= 0.3 is 0 Å². The second-order valence-electron chi connectivity index (χ2n) is 8.03. The van der Waals surface area contributed by atoms with Crippen LogP contribution in [0.2, 0.25) is 0 Å². The van der Waals surface area contributed by atoms with E-state index in [1.807, 2.05) is 24.3 Å². The van der Waals surface area contributed by atoms with E-state index in [0.29, 0.717) is 28.8 Å². The van der Waals surface area contributed by atoms with Crippen molar-refractivity contribution >= 4 is 37.5 Å². The Morgan fingerprint density at radius 3 is 2.21 bits per heavy atom. The van der Waals surface area contributed by atoms with Crippen molar-refractivity contribution in [2.75, 3.05) is 18.4 Å². The molecule has 2 aromatic rings. The quantitative estimate of drug-likeness (QED) is 0.707. The van der Waals surface area contributed by atoms with Gasteiger partial charge < -0.3 is 5.32 Å². The van der Waals surface area contributed by atoms with Crippen LogP contribution >= 0.6 is 15.9 Å². The number of amides is 1. The van der Waals surface area contributed by atoms with E-state index in [0.717, 1.165) is 12.8 Å². The molecule has 2 aromatic carbocycles. The predicted molar refractivity (Wildman–Crippen MR) is 115 cm³/mol. The third kappa shape index (κ3) is 4.47. The highest BCUT2D eigenvalue weighted by Gasteiger charge is 2.28. The smallest absolute Gasteiger partial charge is 0.256 e. The molecule has 1 N–H and O–H groups in total. The lowest BCUT2D eigenvalue weighted by Gasteiger charge is -2.19. The van der Waals surface area contributed by atoms with Gasteiger partial charge in [0, 0.05) is 23.2 Å². The van der Waals surface area contributed by atoms with Crippen molar-refractivity contribution in [2.45, 2.75) is 43.9 Å². The summed E-state index contributed by atoms with van der Waals surface area (Å²) in [6.45, 7) is 7.44. The second-order valence-corrected chi connectivity index (χ2v) is 10.8. The number of anilines is 1.